The van der Waals surface area contributed by atoms with Crippen LogP contribution >= 0.6 is 0 Å². The van der Waals surface area contributed by atoms with Crippen LogP contribution in [0.25, 0.3) is 0 Å². The molecular formula is C30H31F8NO5S. The van der Waals surface area contributed by atoms with Gasteiger partial charge >= 0.3 is 24.0 Å². The van der Waals surface area contributed by atoms with E-state index in [1.54, 1.807) is 0 Å². The lowest BCUT2D eigenvalue weighted by Gasteiger charge is -2.41. The predicted octanol–water partition coefficient (Wildman–Crippen LogP) is 7.08. The highest BCUT2D eigenvalue weighted by molar-refractivity contribution is 7.92. The number of benzene rings is 2. The molecule has 1 heterocycles. The minimum Gasteiger partial charge on any atom is -0.481 e. The smallest absolute Gasteiger partial charge is 0.435 e. The topological polar surface area (TPSA) is 91.8 Å². The second-order valence-corrected chi connectivity index (χ2v) is 14.1. The first-order valence-electron chi connectivity index (χ1n) is 14.2. The van der Waals surface area contributed by atoms with Crippen molar-refractivity contribution in [3.05, 3.63) is 65.5 Å². The quantitative estimate of drug-likeness (QED) is 0.240. The van der Waals surface area contributed by atoms with Crippen LogP contribution in [-0.2, 0) is 29.8 Å². The largest absolute Gasteiger partial charge is 0.481 e. The summed E-state index contributed by atoms with van der Waals surface area (Å²) in [4.78, 5) is 26.4. The van der Waals surface area contributed by atoms with Crippen LogP contribution in [0.15, 0.2) is 53.4 Å². The van der Waals surface area contributed by atoms with Crippen molar-refractivity contribution in [2.24, 2.45) is 11.3 Å². The van der Waals surface area contributed by atoms with Gasteiger partial charge in [-0.3, -0.25) is 9.59 Å². The summed E-state index contributed by atoms with van der Waals surface area (Å²) in [5.74, 6) is -2.84. The van der Waals surface area contributed by atoms with E-state index in [-0.39, 0.29) is 56.3 Å². The number of likely N-dealkylation sites (tertiary alicyclic amines) is 1. The number of nitrogens with zero attached hydrogens (tertiary/aromatic N) is 1. The molecule has 15 heteroatoms. The first-order valence-corrected chi connectivity index (χ1v) is 15.7. The molecule has 1 saturated heterocycles. The van der Waals surface area contributed by atoms with Crippen molar-refractivity contribution >= 4 is 21.7 Å². The number of aliphatic carboxylic acids is 1. The van der Waals surface area contributed by atoms with Crippen LogP contribution in [0.3, 0.4) is 0 Å². The summed E-state index contributed by atoms with van der Waals surface area (Å²) >= 11 is 0. The second-order valence-electron chi connectivity index (χ2n) is 11.8. The highest BCUT2D eigenvalue weighted by Crippen LogP contribution is 2.54. The van der Waals surface area contributed by atoms with Crippen molar-refractivity contribution in [1.29, 1.82) is 0 Å². The van der Waals surface area contributed by atoms with Crippen molar-refractivity contribution in [3.8, 4) is 0 Å². The Hall–Kier alpha value is -3.23. The van der Waals surface area contributed by atoms with E-state index >= 15 is 0 Å². The van der Waals surface area contributed by atoms with E-state index in [1.165, 1.54) is 4.90 Å². The van der Waals surface area contributed by atoms with E-state index in [1.807, 2.05) is 6.92 Å². The predicted molar refractivity (Wildman–Crippen MR) is 145 cm³/mol. The first kappa shape index (κ1) is 34.6. The van der Waals surface area contributed by atoms with Crippen LogP contribution in [0.5, 0.6) is 0 Å². The molecule has 4 rings (SSSR count). The molecule has 1 aliphatic heterocycles. The Morgan fingerprint density at radius 1 is 0.889 bits per heavy atom. The standard InChI is InChI=1S/C30H31F8NO5S/c1-2-13-26(14-11-19(12-15-26)24(40)41)25(42)39-17-16-27(18-39,45(43,44)23-9-7-22(31)8-10-23)20-3-5-21(6-4-20)28(32,29(33,34)35)30(36,37)38/h3-10,19H,2,11-18H2,1H3,(H,40,41)/t19?,26?,27-/m0/s1. The van der Waals surface area contributed by atoms with Gasteiger partial charge in [-0.1, -0.05) is 37.6 Å². The van der Waals surface area contributed by atoms with Crippen molar-refractivity contribution in [3.63, 3.8) is 0 Å². The fraction of sp³-hybridized carbons (Fsp3) is 0.533. The molecule has 0 bridgehead atoms. The summed E-state index contributed by atoms with van der Waals surface area (Å²) in [5, 5.41) is 9.42. The number of carboxylic acids is 1. The third kappa shape index (κ3) is 5.80. The van der Waals surface area contributed by atoms with Gasteiger partial charge in [0.05, 0.1) is 10.8 Å². The summed E-state index contributed by atoms with van der Waals surface area (Å²) in [6.07, 6.45) is -11.2. The average molecular weight is 670 g/mol. The maximum Gasteiger partial charge on any atom is 0.435 e. The lowest BCUT2D eigenvalue weighted by molar-refractivity contribution is -0.348. The average Bonchev–Trinajstić information content (AvgIpc) is 3.43. The maximum atomic E-state index is 14.8. The number of rotatable bonds is 8. The van der Waals surface area contributed by atoms with Crippen LogP contribution in [0.1, 0.15) is 63.0 Å². The Labute approximate surface area is 254 Å². The zero-order valence-electron chi connectivity index (χ0n) is 24.0. The minimum absolute atomic E-state index is 0.160. The lowest BCUT2D eigenvalue weighted by Crippen LogP contribution is -2.50. The minimum atomic E-state index is -6.38. The number of hydrogen-bond acceptors (Lipinski definition) is 4. The summed E-state index contributed by atoms with van der Waals surface area (Å²) in [6, 6.07) is 5.45. The Balaban J connectivity index is 1.79. The van der Waals surface area contributed by atoms with Gasteiger partial charge in [-0.25, -0.2) is 17.2 Å². The Kier molecular flexibility index (Phi) is 9.12. The molecule has 0 aromatic heterocycles. The molecule has 1 atom stereocenters. The zero-order valence-corrected chi connectivity index (χ0v) is 24.8. The molecule has 0 unspecified atom stereocenters. The number of sulfone groups is 1. The first-order chi connectivity index (χ1) is 20.8. The molecule has 1 N–H and O–H groups in total. The van der Waals surface area contributed by atoms with Gasteiger partial charge in [0.15, 0.2) is 9.84 Å². The van der Waals surface area contributed by atoms with Crippen LogP contribution < -0.4 is 0 Å². The van der Waals surface area contributed by atoms with Crippen LogP contribution in [-0.4, -0.2) is 55.7 Å². The van der Waals surface area contributed by atoms with Crippen molar-refractivity contribution in [2.75, 3.05) is 13.1 Å². The van der Waals surface area contributed by atoms with E-state index in [4.69, 9.17) is 0 Å². The third-order valence-corrected chi connectivity index (χ3v) is 11.7. The Morgan fingerprint density at radius 3 is 1.89 bits per heavy atom. The number of hydrogen-bond donors (Lipinski definition) is 1. The summed E-state index contributed by atoms with van der Waals surface area (Å²) in [7, 11) is -4.60. The maximum absolute atomic E-state index is 14.8. The fourth-order valence-corrected chi connectivity index (χ4v) is 8.78. The van der Waals surface area contributed by atoms with Gasteiger partial charge in [0.25, 0.3) is 0 Å². The summed E-state index contributed by atoms with van der Waals surface area (Å²) < 4.78 is 135. The number of carbonyl (C=O) groups excluding carboxylic acids is 1. The summed E-state index contributed by atoms with van der Waals surface area (Å²) in [5.41, 5.74) is -8.81. The Bertz CT molecular complexity index is 1500. The molecule has 0 radical (unpaired) electrons. The number of halogens is 8. The van der Waals surface area contributed by atoms with Crippen LogP contribution in [0.4, 0.5) is 35.1 Å². The fourth-order valence-electron chi connectivity index (χ4n) is 6.70. The molecule has 2 aromatic rings. The van der Waals surface area contributed by atoms with Gasteiger partial charge in [-0.15, -0.1) is 0 Å². The van der Waals surface area contributed by atoms with E-state index in [2.05, 4.69) is 0 Å². The van der Waals surface area contributed by atoms with Crippen molar-refractivity contribution < 1.29 is 58.2 Å². The molecule has 248 valence electrons. The molecule has 6 nitrogen and oxygen atoms in total. The molecule has 1 aliphatic carbocycles. The van der Waals surface area contributed by atoms with E-state index < -0.39 is 78.6 Å². The highest BCUT2D eigenvalue weighted by atomic mass is 32.2. The van der Waals surface area contributed by atoms with E-state index in [0.717, 1.165) is 24.3 Å². The molecule has 45 heavy (non-hydrogen) atoms. The third-order valence-electron chi connectivity index (χ3n) is 9.22. The van der Waals surface area contributed by atoms with Gasteiger partial charge in [0.2, 0.25) is 5.91 Å². The number of carbonyl (C=O) groups is 2. The number of amides is 1. The molecule has 0 spiro atoms. The molecular weight excluding hydrogens is 638 g/mol. The summed E-state index contributed by atoms with van der Waals surface area (Å²) in [6.45, 7) is 1.13. The number of alkyl halides is 7. The van der Waals surface area contributed by atoms with Crippen molar-refractivity contribution in [2.45, 2.75) is 79.5 Å². The monoisotopic (exact) mass is 669 g/mol. The van der Waals surface area contributed by atoms with E-state index in [9.17, 15) is 58.2 Å². The SMILES string of the molecule is CCCC1(C(=O)N2CC[C@](c3ccc(C(F)(C(F)(F)F)C(F)(F)F)cc3)(S(=O)(=O)c3ccc(F)cc3)C2)CCC(C(=O)O)CC1. The van der Waals surface area contributed by atoms with E-state index in [0.29, 0.717) is 25.0 Å². The molecule has 2 fully saturated rings. The number of carboxylic acid groups (broad SMARTS) is 1. The molecule has 2 aliphatic rings. The van der Waals surface area contributed by atoms with Gasteiger partial charge in [0.1, 0.15) is 10.6 Å². The van der Waals surface area contributed by atoms with Gasteiger partial charge in [-0.05, 0) is 68.4 Å². The molecule has 1 saturated carbocycles. The molecule has 1 amide bonds. The van der Waals surface area contributed by atoms with Gasteiger partial charge in [0, 0.05) is 24.1 Å². The zero-order chi connectivity index (χ0) is 33.6. The van der Waals surface area contributed by atoms with Gasteiger partial charge < -0.3 is 10.0 Å². The second kappa shape index (κ2) is 11.8. The highest BCUT2D eigenvalue weighted by Gasteiger charge is 2.73. The lowest BCUT2D eigenvalue weighted by atomic mass is 9.67. The Morgan fingerprint density at radius 2 is 1.42 bits per heavy atom. The van der Waals surface area contributed by atoms with Crippen LogP contribution in [0, 0.1) is 17.2 Å². The van der Waals surface area contributed by atoms with Crippen molar-refractivity contribution in [1.82, 2.24) is 4.90 Å². The van der Waals surface area contributed by atoms with Crippen LogP contribution in [0.2, 0.25) is 0 Å². The molecule has 2 aromatic carbocycles. The normalized spacial score (nSPS) is 24.9. The van der Waals surface area contributed by atoms with Gasteiger partial charge in [-0.2, -0.15) is 26.3 Å².